The zero-order valence-corrected chi connectivity index (χ0v) is 12.7. The molecule has 0 aliphatic carbocycles. The number of aromatic nitrogens is 1. The Morgan fingerprint density at radius 1 is 1.26 bits per heavy atom. The molecule has 0 aliphatic heterocycles. The average molecular weight is 331 g/mol. The highest BCUT2D eigenvalue weighted by molar-refractivity contribution is 6.33. The summed E-state index contributed by atoms with van der Waals surface area (Å²) in [6, 6.07) is 10.8. The van der Waals surface area contributed by atoms with E-state index in [9.17, 15) is 9.18 Å². The van der Waals surface area contributed by atoms with E-state index in [1.165, 1.54) is 12.1 Å². The number of rotatable bonds is 4. The molecule has 1 aromatic carbocycles. The number of hydrogen-bond acceptors (Lipinski definition) is 3. The Hall–Kier alpha value is -2.66. The molecular formula is C17H12ClFN2O2. The van der Waals surface area contributed by atoms with Crippen molar-refractivity contribution >= 4 is 17.5 Å². The molecular weight excluding hydrogens is 319 g/mol. The molecule has 3 rings (SSSR count). The van der Waals surface area contributed by atoms with E-state index in [0.717, 1.165) is 11.6 Å². The van der Waals surface area contributed by atoms with Gasteiger partial charge < -0.3 is 9.73 Å². The van der Waals surface area contributed by atoms with Gasteiger partial charge >= 0.3 is 0 Å². The van der Waals surface area contributed by atoms with Gasteiger partial charge in [-0.1, -0.05) is 17.7 Å². The van der Waals surface area contributed by atoms with Gasteiger partial charge in [0.2, 0.25) is 0 Å². The fraction of sp³-hybridized carbons (Fsp3) is 0.0588. The maximum absolute atomic E-state index is 13.0. The lowest BCUT2D eigenvalue weighted by molar-refractivity contribution is 0.0951. The monoisotopic (exact) mass is 330 g/mol. The first-order valence-corrected chi connectivity index (χ1v) is 7.24. The molecule has 23 heavy (non-hydrogen) atoms. The Morgan fingerprint density at radius 2 is 2.13 bits per heavy atom. The molecule has 3 aromatic rings. The summed E-state index contributed by atoms with van der Waals surface area (Å²) in [4.78, 5) is 16.5. The molecule has 6 heteroatoms. The van der Waals surface area contributed by atoms with E-state index < -0.39 is 5.82 Å². The molecule has 0 unspecified atom stereocenters. The molecule has 0 bridgehead atoms. The molecule has 2 heterocycles. The maximum Gasteiger partial charge on any atom is 0.253 e. The second-order valence-corrected chi connectivity index (χ2v) is 5.20. The number of pyridine rings is 1. The molecule has 0 saturated carbocycles. The van der Waals surface area contributed by atoms with Gasteiger partial charge in [0.25, 0.3) is 5.91 Å². The minimum Gasteiger partial charge on any atom is -0.463 e. The third-order valence-corrected chi connectivity index (χ3v) is 3.57. The van der Waals surface area contributed by atoms with Crippen LogP contribution in [0.2, 0.25) is 5.02 Å². The summed E-state index contributed by atoms with van der Waals surface area (Å²) in [6.45, 7) is 0.246. The van der Waals surface area contributed by atoms with E-state index in [1.807, 2.05) is 6.07 Å². The molecule has 4 nitrogen and oxygen atoms in total. The number of benzene rings is 1. The van der Waals surface area contributed by atoms with Crippen LogP contribution in [0, 0.1) is 5.82 Å². The van der Waals surface area contributed by atoms with Gasteiger partial charge in [-0.3, -0.25) is 9.78 Å². The smallest absolute Gasteiger partial charge is 0.253 e. The third-order valence-electron chi connectivity index (χ3n) is 3.26. The van der Waals surface area contributed by atoms with Gasteiger partial charge in [0.05, 0.1) is 16.8 Å². The average Bonchev–Trinajstić information content (AvgIpc) is 3.07. The molecule has 1 N–H and O–H groups in total. The summed E-state index contributed by atoms with van der Waals surface area (Å²) in [5, 5.41) is 2.82. The first-order chi connectivity index (χ1) is 11.1. The van der Waals surface area contributed by atoms with Crippen LogP contribution in [0.1, 0.15) is 15.9 Å². The molecule has 0 radical (unpaired) electrons. The number of furan rings is 1. The van der Waals surface area contributed by atoms with E-state index in [0.29, 0.717) is 11.5 Å². The Morgan fingerprint density at radius 3 is 2.87 bits per heavy atom. The van der Waals surface area contributed by atoms with Crippen molar-refractivity contribution in [3.05, 3.63) is 76.9 Å². The van der Waals surface area contributed by atoms with Crippen molar-refractivity contribution in [3.8, 4) is 11.5 Å². The van der Waals surface area contributed by atoms with E-state index >= 15 is 0 Å². The predicted octanol–water partition coefficient (Wildman–Crippen LogP) is 4.06. The van der Waals surface area contributed by atoms with Crippen LogP contribution in [-0.2, 0) is 6.54 Å². The van der Waals surface area contributed by atoms with Crippen LogP contribution in [0.25, 0.3) is 11.5 Å². The standard InChI is InChI=1S/C17H12ClFN2O2/c18-14-9-12(19)5-6-13(14)17(22)21-10-11-3-1-7-20-16(11)15-4-2-8-23-15/h1-9H,10H2,(H,21,22). The molecule has 0 atom stereocenters. The third kappa shape index (κ3) is 3.40. The molecule has 0 spiro atoms. The normalized spacial score (nSPS) is 10.5. The number of amides is 1. The number of nitrogens with one attached hydrogen (secondary N) is 1. The second kappa shape index (κ2) is 6.62. The summed E-state index contributed by atoms with van der Waals surface area (Å²) in [6.07, 6.45) is 3.21. The summed E-state index contributed by atoms with van der Waals surface area (Å²) < 4.78 is 18.4. The van der Waals surface area contributed by atoms with Crippen molar-refractivity contribution in [1.29, 1.82) is 0 Å². The summed E-state index contributed by atoms with van der Waals surface area (Å²) in [7, 11) is 0. The largest absolute Gasteiger partial charge is 0.463 e. The van der Waals surface area contributed by atoms with E-state index in [1.54, 1.807) is 30.7 Å². The zero-order valence-electron chi connectivity index (χ0n) is 11.9. The van der Waals surface area contributed by atoms with Crippen molar-refractivity contribution in [3.63, 3.8) is 0 Å². The lowest BCUT2D eigenvalue weighted by Crippen LogP contribution is -2.23. The van der Waals surface area contributed by atoms with Gasteiger partial charge in [0.15, 0.2) is 5.76 Å². The van der Waals surface area contributed by atoms with Gasteiger partial charge in [0.1, 0.15) is 11.5 Å². The predicted molar refractivity (Wildman–Crippen MR) is 84.5 cm³/mol. The summed E-state index contributed by atoms with van der Waals surface area (Å²) in [5.74, 6) is -0.252. The molecule has 2 aromatic heterocycles. The lowest BCUT2D eigenvalue weighted by atomic mass is 10.1. The first kappa shape index (κ1) is 15.2. The van der Waals surface area contributed by atoms with Crippen LogP contribution in [0.5, 0.6) is 0 Å². The van der Waals surface area contributed by atoms with Crippen LogP contribution in [0.3, 0.4) is 0 Å². The van der Waals surface area contributed by atoms with Crippen LogP contribution < -0.4 is 5.32 Å². The number of nitrogens with zero attached hydrogens (tertiary/aromatic N) is 1. The number of halogens is 2. The van der Waals surface area contributed by atoms with Gasteiger partial charge in [-0.25, -0.2) is 4.39 Å². The van der Waals surface area contributed by atoms with Crippen LogP contribution >= 0.6 is 11.6 Å². The number of carbonyl (C=O) groups excluding carboxylic acids is 1. The minimum atomic E-state index is -0.487. The minimum absolute atomic E-state index is 0.0694. The number of carbonyl (C=O) groups is 1. The maximum atomic E-state index is 13.0. The molecule has 0 saturated heterocycles. The number of hydrogen-bond donors (Lipinski definition) is 1. The van der Waals surface area contributed by atoms with Gasteiger partial charge in [-0.05, 0) is 36.4 Å². The topological polar surface area (TPSA) is 55.1 Å². The first-order valence-electron chi connectivity index (χ1n) is 6.86. The Balaban J connectivity index is 1.77. The van der Waals surface area contributed by atoms with Crippen molar-refractivity contribution < 1.29 is 13.6 Å². The van der Waals surface area contributed by atoms with E-state index in [4.69, 9.17) is 16.0 Å². The van der Waals surface area contributed by atoms with Crippen molar-refractivity contribution in [2.24, 2.45) is 0 Å². The highest BCUT2D eigenvalue weighted by Gasteiger charge is 2.13. The van der Waals surface area contributed by atoms with Crippen molar-refractivity contribution in [2.45, 2.75) is 6.54 Å². The van der Waals surface area contributed by atoms with Gasteiger partial charge in [-0.15, -0.1) is 0 Å². The Bertz CT molecular complexity index is 834. The van der Waals surface area contributed by atoms with Crippen molar-refractivity contribution in [1.82, 2.24) is 10.3 Å². The van der Waals surface area contributed by atoms with Crippen LogP contribution in [0.4, 0.5) is 4.39 Å². The fourth-order valence-corrected chi connectivity index (χ4v) is 2.41. The van der Waals surface area contributed by atoms with Gasteiger partial charge in [0, 0.05) is 18.3 Å². The van der Waals surface area contributed by atoms with Crippen LogP contribution in [0.15, 0.2) is 59.3 Å². The molecule has 116 valence electrons. The molecule has 0 aliphatic rings. The summed E-state index contributed by atoms with van der Waals surface area (Å²) in [5.41, 5.74) is 1.67. The Kier molecular flexibility index (Phi) is 4.39. The molecule has 1 amide bonds. The molecule has 0 fully saturated rings. The van der Waals surface area contributed by atoms with Crippen LogP contribution in [-0.4, -0.2) is 10.9 Å². The SMILES string of the molecule is O=C(NCc1cccnc1-c1ccco1)c1ccc(F)cc1Cl. The van der Waals surface area contributed by atoms with E-state index in [-0.39, 0.29) is 23.0 Å². The Labute approximate surface area is 136 Å². The lowest BCUT2D eigenvalue weighted by Gasteiger charge is -2.09. The van der Waals surface area contributed by atoms with E-state index in [2.05, 4.69) is 10.3 Å². The van der Waals surface area contributed by atoms with Gasteiger partial charge in [-0.2, -0.15) is 0 Å². The second-order valence-electron chi connectivity index (χ2n) is 4.80. The highest BCUT2D eigenvalue weighted by atomic mass is 35.5. The summed E-state index contributed by atoms with van der Waals surface area (Å²) >= 11 is 5.89. The quantitative estimate of drug-likeness (QED) is 0.784. The zero-order chi connectivity index (χ0) is 16.2. The fourth-order valence-electron chi connectivity index (χ4n) is 2.16. The highest BCUT2D eigenvalue weighted by Crippen LogP contribution is 2.22. The van der Waals surface area contributed by atoms with Crippen molar-refractivity contribution in [2.75, 3.05) is 0 Å².